The van der Waals surface area contributed by atoms with Gasteiger partial charge in [0.05, 0.1) is 24.6 Å². The first kappa shape index (κ1) is 15.3. The lowest BCUT2D eigenvalue weighted by atomic mass is 10.0. The molecule has 2 amide bonds. The molecule has 6 heteroatoms. The lowest BCUT2D eigenvalue weighted by molar-refractivity contribution is -0.137. The van der Waals surface area contributed by atoms with E-state index in [0.717, 1.165) is 5.56 Å². The summed E-state index contributed by atoms with van der Waals surface area (Å²) in [7, 11) is 0. The zero-order chi connectivity index (χ0) is 15.5. The van der Waals surface area contributed by atoms with E-state index < -0.39 is 17.6 Å². The summed E-state index contributed by atoms with van der Waals surface area (Å²) in [5.41, 5.74) is -0.119. The fourth-order valence-electron chi connectivity index (χ4n) is 2.47. The molecule has 0 aliphatic carbocycles. The van der Waals surface area contributed by atoms with Crippen molar-refractivity contribution in [3.8, 4) is 0 Å². The maximum Gasteiger partial charge on any atom is 0.317 e. The first-order valence-electron chi connectivity index (χ1n) is 6.92. The van der Waals surface area contributed by atoms with E-state index in [-0.39, 0.29) is 19.0 Å². The van der Waals surface area contributed by atoms with Gasteiger partial charge in [0.1, 0.15) is 0 Å². The number of nitrogens with one attached hydrogen (secondary N) is 1. The van der Waals surface area contributed by atoms with Crippen LogP contribution >= 0.6 is 0 Å². The van der Waals surface area contributed by atoms with Crippen LogP contribution in [0.1, 0.15) is 31.4 Å². The first-order chi connectivity index (χ1) is 9.87. The number of nitrogens with zero attached hydrogens (tertiary/aromatic N) is 1. The average Bonchev–Trinajstić information content (AvgIpc) is 2.79. The number of amides is 2. The van der Waals surface area contributed by atoms with Crippen molar-refractivity contribution in [1.82, 2.24) is 10.2 Å². The summed E-state index contributed by atoms with van der Waals surface area (Å²) in [5, 5.41) is 21.6. The topological polar surface area (TPSA) is 89.9 Å². The van der Waals surface area contributed by atoms with Gasteiger partial charge in [-0.25, -0.2) is 4.79 Å². The number of carbonyl (C=O) groups excluding carboxylic acids is 1. The van der Waals surface area contributed by atoms with Gasteiger partial charge in [0.25, 0.3) is 0 Å². The third kappa shape index (κ3) is 4.19. The number of carboxylic acid groups (broad SMARTS) is 1. The summed E-state index contributed by atoms with van der Waals surface area (Å²) in [6.07, 6.45) is 0.343. The number of likely N-dealkylation sites (tertiary alicyclic amines) is 1. The number of urea groups is 1. The van der Waals surface area contributed by atoms with Gasteiger partial charge < -0.3 is 20.4 Å². The molecular weight excluding hydrogens is 272 g/mol. The second-order valence-electron chi connectivity index (χ2n) is 5.68. The Hall–Kier alpha value is -2.08. The third-order valence-electron chi connectivity index (χ3n) is 3.62. The Bertz CT molecular complexity index is 516. The van der Waals surface area contributed by atoms with Crippen LogP contribution < -0.4 is 5.32 Å². The molecule has 1 saturated heterocycles. The second-order valence-corrected chi connectivity index (χ2v) is 5.68. The molecule has 1 aromatic carbocycles. The number of β-amino-alcohol motifs (C(OH)–C–C–N with tert-alkyl or cyclic N) is 1. The highest BCUT2D eigenvalue weighted by Crippen LogP contribution is 2.22. The largest absolute Gasteiger partial charge is 0.481 e. The number of carbonyl (C=O) groups is 2. The maximum atomic E-state index is 12.2. The fraction of sp³-hybridized carbons (Fsp3) is 0.467. The molecule has 0 bridgehead atoms. The van der Waals surface area contributed by atoms with Crippen molar-refractivity contribution in [3.05, 3.63) is 35.9 Å². The normalized spacial score (nSPS) is 22.9. The van der Waals surface area contributed by atoms with E-state index in [0.29, 0.717) is 13.0 Å². The number of hydrogen-bond donors (Lipinski definition) is 3. The number of rotatable bonds is 4. The van der Waals surface area contributed by atoms with E-state index in [1.807, 2.05) is 6.07 Å². The van der Waals surface area contributed by atoms with Gasteiger partial charge in [0.2, 0.25) is 0 Å². The zero-order valence-corrected chi connectivity index (χ0v) is 12.0. The van der Waals surface area contributed by atoms with Gasteiger partial charge in [-0.1, -0.05) is 30.3 Å². The molecule has 0 aromatic heterocycles. The number of aliphatic hydroxyl groups is 1. The van der Waals surface area contributed by atoms with Gasteiger partial charge in [0.15, 0.2) is 0 Å². The highest BCUT2D eigenvalue weighted by molar-refractivity contribution is 5.76. The monoisotopic (exact) mass is 292 g/mol. The molecule has 1 aliphatic rings. The van der Waals surface area contributed by atoms with E-state index in [9.17, 15) is 14.7 Å². The molecule has 0 saturated carbocycles. The summed E-state index contributed by atoms with van der Waals surface area (Å²) in [5.74, 6) is -0.974. The second kappa shape index (κ2) is 6.13. The molecule has 0 radical (unpaired) electrons. The minimum absolute atomic E-state index is 0.181. The van der Waals surface area contributed by atoms with Crippen molar-refractivity contribution < 1.29 is 19.8 Å². The van der Waals surface area contributed by atoms with Crippen LogP contribution in [-0.4, -0.2) is 45.8 Å². The van der Waals surface area contributed by atoms with E-state index >= 15 is 0 Å². The van der Waals surface area contributed by atoms with Crippen LogP contribution in [-0.2, 0) is 4.79 Å². The van der Waals surface area contributed by atoms with Gasteiger partial charge in [-0.05, 0) is 18.9 Å². The Labute approximate surface area is 123 Å². The van der Waals surface area contributed by atoms with E-state index in [1.165, 1.54) is 4.90 Å². The molecular formula is C15H20N2O4. The SMILES string of the molecule is CC1(O)CCN(C(=O)NC(CC(=O)O)c2ccccc2)C1. The molecule has 0 spiro atoms. The average molecular weight is 292 g/mol. The van der Waals surface area contributed by atoms with Crippen LogP contribution in [0.5, 0.6) is 0 Å². The Morgan fingerprint density at radius 3 is 2.57 bits per heavy atom. The Balaban J connectivity index is 2.05. The lowest BCUT2D eigenvalue weighted by Crippen LogP contribution is -2.42. The summed E-state index contributed by atoms with van der Waals surface area (Å²) in [6.45, 7) is 2.41. The molecule has 114 valence electrons. The Morgan fingerprint density at radius 1 is 1.38 bits per heavy atom. The summed E-state index contributed by atoms with van der Waals surface area (Å²) in [6, 6.07) is 8.08. The van der Waals surface area contributed by atoms with Crippen LogP contribution in [0, 0.1) is 0 Å². The first-order valence-corrected chi connectivity index (χ1v) is 6.92. The Morgan fingerprint density at radius 2 is 2.05 bits per heavy atom. The summed E-state index contributed by atoms with van der Waals surface area (Å²) in [4.78, 5) is 24.7. The van der Waals surface area contributed by atoms with Crippen molar-refractivity contribution in [1.29, 1.82) is 0 Å². The van der Waals surface area contributed by atoms with E-state index in [2.05, 4.69) is 5.32 Å². The van der Waals surface area contributed by atoms with E-state index in [1.54, 1.807) is 31.2 Å². The minimum Gasteiger partial charge on any atom is -0.481 e. The van der Waals surface area contributed by atoms with Crippen molar-refractivity contribution in [2.75, 3.05) is 13.1 Å². The fourth-order valence-corrected chi connectivity index (χ4v) is 2.47. The molecule has 2 unspecified atom stereocenters. The van der Waals surface area contributed by atoms with Gasteiger partial charge in [-0.3, -0.25) is 4.79 Å². The molecule has 3 N–H and O–H groups in total. The molecule has 1 aliphatic heterocycles. The van der Waals surface area contributed by atoms with Gasteiger partial charge in [-0.15, -0.1) is 0 Å². The van der Waals surface area contributed by atoms with Crippen LogP contribution in [0.4, 0.5) is 4.79 Å². The number of aliphatic carboxylic acids is 1. The standard InChI is InChI=1S/C15H20N2O4/c1-15(21)7-8-17(10-15)14(20)16-12(9-13(18)19)11-5-3-2-4-6-11/h2-6,12,21H,7-10H2,1H3,(H,16,20)(H,18,19). The van der Waals surface area contributed by atoms with Gasteiger partial charge in [0, 0.05) is 6.54 Å². The van der Waals surface area contributed by atoms with Crippen LogP contribution in [0.3, 0.4) is 0 Å². The molecule has 6 nitrogen and oxygen atoms in total. The van der Waals surface area contributed by atoms with Crippen LogP contribution in [0.25, 0.3) is 0 Å². The van der Waals surface area contributed by atoms with Gasteiger partial charge >= 0.3 is 12.0 Å². The predicted octanol–water partition coefficient (Wildman–Crippen LogP) is 1.37. The smallest absolute Gasteiger partial charge is 0.317 e. The molecule has 1 heterocycles. The van der Waals surface area contributed by atoms with Crippen LogP contribution in [0.2, 0.25) is 0 Å². The summed E-state index contributed by atoms with van der Waals surface area (Å²) >= 11 is 0. The number of carboxylic acids is 1. The lowest BCUT2D eigenvalue weighted by Gasteiger charge is -2.23. The zero-order valence-electron chi connectivity index (χ0n) is 12.0. The number of hydrogen-bond acceptors (Lipinski definition) is 3. The van der Waals surface area contributed by atoms with Crippen molar-refractivity contribution in [3.63, 3.8) is 0 Å². The molecule has 2 atom stereocenters. The quantitative estimate of drug-likeness (QED) is 0.782. The molecule has 1 fully saturated rings. The molecule has 1 aromatic rings. The Kier molecular flexibility index (Phi) is 4.47. The van der Waals surface area contributed by atoms with Gasteiger partial charge in [-0.2, -0.15) is 0 Å². The molecule has 21 heavy (non-hydrogen) atoms. The highest BCUT2D eigenvalue weighted by atomic mass is 16.4. The maximum absolute atomic E-state index is 12.2. The highest BCUT2D eigenvalue weighted by Gasteiger charge is 2.34. The van der Waals surface area contributed by atoms with Crippen molar-refractivity contribution in [2.45, 2.75) is 31.4 Å². The third-order valence-corrected chi connectivity index (χ3v) is 3.62. The molecule has 2 rings (SSSR count). The van der Waals surface area contributed by atoms with Crippen molar-refractivity contribution >= 4 is 12.0 Å². The van der Waals surface area contributed by atoms with Crippen molar-refractivity contribution in [2.24, 2.45) is 0 Å². The summed E-state index contributed by atoms with van der Waals surface area (Å²) < 4.78 is 0. The van der Waals surface area contributed by atoms with Crippen LogP contribution in [0.15, 0.2) is 30.3 Å². The predicted molar refractivity (Wildman–Crippen MR) is 76.8 cm³/mol. The minimum atomic E-state index is -0.974. The van der Waals surface area contributed by atoms with E-state index in [4.69, 9.17) is 5.11 Å². The number of benzene rings is 1.